The second-order valence-corrected chi connectivity index (χ2v) is 8.71. The van der Waals surface area contributed by atoms with Gasteiger partial charge < -0.3 is 5.32 Å². The summed E-state index contributed by atoms with van der Waals surface area (Å²) in [4.78, 5) is 21.9. The van der Waals surface area contributed by atoms with E-state index in [4.69, 9.17) is 11.6 Å². The van der Waals surface area contributed by atoms with Gasteiger partial charge in [0.1, 0.15) is 15.7 Å². The van der Waals surface area contributed by atoms with Crippen molar-refractivity contribution in [2.45, 2.75) is 11.9 Å². The number of aromatic nitrogens is 4. The van der Waals surface area contributed by atoms with Crippen LogP contribution in [0.2, 0.25) is 5.02 Å². The summed E-state index contributed by atoms with van der Waals surface area (Å²) in [6, 6.07) is 14.7. The summed E-state index contributed by atoms with van der Waals surface area (Å²) in [5.41, 5.74) is 3.30. The molecule has 0 unspecified atom stereocenters. The van der Waals surface area contributed by atoms with E-state index < -0.39 is 0 Å². The average molecular weight is 454 g/mol. The third-order valence-electron chi connectivity index (χ3n) is 4.04. The van der Waals surface area contributed by atoms with Crippen LogP contribution in [0.15, 0.2) is 66.0 Å². The molecule has 0 radical (unpaired) electrons. The quantitative estimate of drug-likeness (QED) is 0.396. The standard InChI is InChI=1S/C21H16ClN5OS2/c1-13-20(30-21(24-13)14-4-3-9-23-11-14)17-7-8-19(27-26-17)29-12-18(28)25-16-6-2-5-15(22)10-16/h2-11H,12H2,1H3,(H,25,28). The second kappa shape index (κ2) is 9.34. The topological polar surface area (TPSA) is 80.7 Å². The summed E-state index contributed by atoms with van der Waals surface area (Å²) in [7, 11) is 0. The number of benzene rings is 1. The minimum absolute atomic E-state index is 0.132. The average Bonchev–Trinajstić information content (AvgIpc) is 3.15. The van der Waals surface area contributed by atoms with Gasteiger partial charge in [0.15, 0.2) is 0 Å². The van der Waals surface area contributed by atoms with Gasteiger partial charge in [0.2, 0.25) is 5.91 Å². The lowest BCUT2D eigenvalue weighted by atomic mass is 10.3. The van der Waals surface area contributed by atoms with Crippen molar-refractivity contribution < 1.29 is 4.79 Å². The number of thioether (sulfide) groups is 1. The summed E-state index contributed by atoms with van der Waals surface area (Å²) in [5, 5.41) is 13.5. The number of nitrogens with zero attached hydrogens (tertiary/aromatic N) is 4. The Morgan fingerprint density at radius 1 is 1.17 bits per heavy atom. The zero-order valence-electron chi connectivity index (χ0n) is 15.9. The molecule has 0 fully saturated rings. The molecule has 0 saturated carbocycles. The van der Waals surface area contributed by atoms with E-state index in [0.29, 0.717) is 15.7 Å². The summed E-state index contributed by atoms with van der Waals surface area (Å²) >= 11 is 8.81. The molecule has 4 rings (SSSR count). The third kappa shape index (κ3) is 5.02. The number of carbonyl (C=O) groups is 1. The molecule has 3 aromatic heterocycles. The van der Waals surface area contributed by atoms with Gasteiger partial charge in [0.25, 0.3) is 0 Å². The molecule has 0 atom stereocenters. The molecule has 0 saturated heterocycles. The van der Waals surface area contributed by atoms with E-state index in [1.807, 2.05) is 31.2 Å². The fourth-order valence-corrected chi connectivity index (χ4v) is 4.49. The number of anilines is 1. The van der Waals surface area contributed by atoms with Crippen LogP contribution in [-0.2, 0) is 4.79 Å². The number of pyridine rings is 1. The fourth-order valence-electron chi connectivity index (χ4n) is 2.67. The van der Waals surface area contributed by atoms with E-state index in [1.54, 1.807) is 48.0 Å². The lowest BCUT2D eigenvalue weighted by Gasteiger charge is -2.05. The summed E-state index contributed by atoms with van der Waals surface area (Å²) in [5.74, 6) is 0.0956. The maximum atomic E-state index is 12.1. The lowest BCUT2D eigenvalue weighted by Crippen LogP contribution is -2.14. The van der Waals surface area contributed by atoms with Crippen LogP contribution in [0.25, 0.3) is 21.1 Å². The Hall–Kier alpha value is -2.81. The van der Waals surface area contributed by atoms with E-state index in [-0.39, 0.29) is 11.7 Å². The smallest absolute Gasteiger partial charge is 0.234 e. The van der Waals surface area contributed by atoms with Crippen molar-refractivity contribution in [2.24, 2.45) is 0 Å². The monoisotopic (exact) mass is 453 g/mol. The molecule has 0 aliphatic heterocycles. The Labute approximate surface area is 186 Å². The number of carbonyl (C=O) groups excluding carboxylic acids is 1. The van der Waals surface area contributed by atoms with E-state index in [9.17, 15) is 4.79 Å². The van der Waals surface area contributed by atoms with Crippen molar-refractivity contribution in [3.63, 3.8) is 0 Å². The third-order valence-corrected chi connectivity index (χ3v) is 6.42. The van der Waals surface area contributed by atoms with Gasteiger partial charge in [-0.2, -0.15) is 0 Å². The van der Waals surface area contributed by atoms with Gasteiger partial charge in [-0.05, 0) is 49.4 Å². The molecule has 0 spiro atoms. The molecule has 4 aromatic rings. The number of thiazole rings is 1. The number of hydrogen-bond acceptors (Lipinski definition) is 7. The highest BCUT2D eigenvalue weighted by Crippen LogP contribution is 2.34. The number of nitrogens with one attached hydrogen (secondary N) is 1. The normalized spacial score (nSPS) is 10.7. The van der Waals surface area contributed by atoms with Crippen LogP contribution in [0.5, 0.6) is 0 Å². The Morgan fingerprint density at radius 2 is 2.07 bits per heavy atom. The number of aryl methyl sites for hydroxylation is 1. The number of hydrogen-bond donors (Lipinski definition) is 1. The molecule has 1 aromatic carbocycles. The van der Waals surface area contributed by atoms with Crippen molar-refractivity contribution in [3.8, 4) is 21.1 Å². The molecule has 150 valence electrons. The molecule has 6 nitrogen and oxygen atoms in total. The Balaban J connectivity index is 1.40. The molecule has 9 heteroatoms. The largest absolute Gasteiger partial charge is 0.325 e. The molecule has 3 heterocycles. The summed E-state index contributed by atoms with van der Waals surface area (Å²) in [6.07, 6.45) is 3.53. The Kier molecular flexibility index (Phi) is 6.37. The van der Waals surface area contributed by atoms with Crippen LogP contribution >= 0.6 is 34.7 Å². The summed E-state index contributed by atoms with van der Waals surface area (Å²) in [6.45, 7) is 1.95. The maximum absolute atomic E-state index is 12.1. The molecule has 0 aliphatic rings. The highest BCUT2D eigenvalue weighted by molar-refractivity contribution is 7.99. The number of amides is 1. The first kappa shape index (κ1) is 20.5. The number of halogens is 1. The van der Waals surface area contributed by atoms with Crippen LogP contribution in [0.4, 0.5) is 5.69 Å². The minimum Gasteiger partial charge on any atom is -0.325 e. The molecule has 0 bridgehead atoms. The first-order valence-corrected chi connectivity index (χ1v) is 11.2. The van der Waals surface area contributed by atoms with Crippen LogP contribution in [0.1, 0.15) is 5.69 Å². The Bertz CT molecular complexity index is 1170. The highest BCUT2D eigenvalue weighted by atomic mass is 35.5. The zero-order valence-corrected chi connectivity index (χ0v) is 18.3. The first-order chi connectivity index (χ1) is 14.6. The van der Waals surface area contributed by atoms with E-state index in [2.05, 4.69) is 25.5 Å². The maximum Gasteiger partial charge on any atom is 0.234 e. The van der Waals surface area contributed by atoms with E-state index in [0.717, 1.165) is 26.8 Å². The summed E-state index contributed by atoms with van der Waals surface area (Å²) < 4.78 is 0. The van der Waals surface area contributed by atoms with Crippen LogP contribution in [0, 0.1) is 6.92 Å². The van der Waals surface area contributed by atoms with Gasteiger partial charge in [0.05, 0.1) is 16.3 Å². The van der Waals surface area contributed by atoms with Gasteiger partial charge in [0, 0.05) is 28.7 Å². The van der Waals surface area contributed by atoms with Crippen molar-refractivity contribution >= 4 is 46.3 Å². The predicted octanol–water partition coefficient (Wildman–Crippen LogP) is 5.35. The zero-order chi connectivity index (χ0) is 20.9. The van der Waals surface area contributed by atoms with Crippen molar-refractivity contribution in [1.82, 2.24) is 20.2 Å². The van der Waals surface area contributed by atoms with Gasteiger partial charge >= 0.3 is 0 Å². The first-order valence-electron chi connectivity index (χ1n) is 8.98. The van der Waals surface area contributed by atoms with Crippen molar-refractivity contribution in [3.05, 3.63) is 71.6 Å². The predicted molar refractivity (Wildman–Crippen MR) is 122 cm³/mol. The van der Waals surface area contributed by atoms with Crippen molar-refractivity contribution in [1.29, 1.82) is 0 Å². The second-order valence-electron chi connectivity index (χ2n) is 6.28. The van der Waals surface area contributed by atoms with Gasteiger partial charge in [-0.15, -0.1) is 21.5 Å². The van der Waals surface area contributed by atoms with Gasteiger partial charge in [-0.3, -0.25) is 9.78 Å². The van der Waals surface area contributed by atoms with Crippen LogP contribution < -0.4 is 5.32 Å². The molecule has 1 amide bonds. The molecular formula is C21H16ClN5OS2. The van der Waals surface area contributed by atoms with E-state index >= 15 is 0 Å². The highest BCUT2D eigenvalue weighted by Gasteiger charge is 2.13. The molecule has 0 aliphatic carbocycles. The Morgan fingerprint density at radius 3 is 2.80 bits per heavy atom. The molecular weight excluding hydrogens is 438 g/mol. The van der Waals surface area contributed by atoms with E-state index in [1.165, 1.54) is 11.8 Å². The molecule has 30 heavy (non-hydrogen) atoms. The van der Waals surface area contributed by atoms with Gasteiger partial charge in [-0.1, -0.05) is 29.4 Å². The minimum atomic E-state index is -0.132. The van der Waals surface area contributed by atoms with Crippen LogP contribution in [-0.4, -0.2) is 31.8 Å². The number of rotatable bonds is 6. The lowest BCUT2D eigenvalue weighted by molar-refractivity contribution is -0.113. The van der Waals surface area contributed by atoms with Crippen LogP contribution in [0.3, 0.4) is 0 Å². The molecule has 1 N–H and O–H groups in total. The fraction of sp³-hybridized carbons (Fsp3) is 0.0952. The van der Waals surface area contributed by atoms with Gasteiger partial charge in [-0.25, -0.2) is 4.98 Å². The SMILES string of the molecule is Cc1nc(-c2cccnc2)sc1-c1ccc(SCC(=O)Nc2cccc(Cl)c2)nn1. The van der Waals surface area contributed by atoms with Crippen molar-refractivity contribution in [2.75, 3.05) is 11.1 Å².